The van der Waals surface area contributed by atoms with E-state index in [9.17, 15) is 26.4 Å². The lowest BCUT2D eigenvalue weighted by atomic mass is 10.0. The fourth-order valence-corrected chi connectivity index (χ4v) is 6.93. The van der Waals surface area contributed by atoms with Gasteiger partial charge in [-0.25, -0.2) is 8.42 Å². The second kappa shape index (κ2) is 15.4. The molecule has 1 aliphatic heterocycles. The van der Waals surface area contributed by atoms with E-state index in [0.717, 1.165) is 24.8 Å². The van der Waals surface area contributed by atoms with Crippen molar-refractivity contribution in [2.75, 3.05) is 77.5 Å². The molecule has 0 aliphatic carbocycles. The smallest absolute Gasteiger partial charge is 0.393 e. The number of carbonyl (C=O) groups is 1. The molecule has 1 aromatic heterocycles. The van der Waals surface area contributed by atoms with E-state index in [1.807, 2.05) is 30.0 Å². The van der Waals surface area contributed by atoms with Crippen molar-refractivity contribution in [3.05, 3.63) is 46.8 Å². The van der Waals surface area contributed by atoms with Crippen LogP contribution in [0.4, 0.5) is 24.5 Å². The van der Waals surface area contributed by atoms with E-state index in [-0.39, 0.29) is 35.6 Å². The molecular weight excluding hydrogens is 642 g/mol. The molecule has 9 nitrogen and oxygen atoms in total. The minimum atomic E-state index is -4.42. The highest BCUT2D eigenvalue weighted by atomic mass is 32.2. The number of hydrogen-bond acceptors (Lipinski definition) is 9. The first-order chi connectivity index (χ1) is 21.7. The third kappa shape index (κ3) is 9.75. The maximum Gasteiger partial charge on any atom is 0.393 e. The van der Waals surface area contributed by atoms with E-state index in [2.05, 4.69) is 22.5 Å². The molecule has 0 atom stereocenters. The summed E-state index contributed by atoms with van der Waals surface area (Å²) in [6.07, 6.45) is -2.96. The fourth-order valence-electron chi connectivity index (χ4n) is 5.12. The summed E-state index contributed by atoms with van der Waals surface area (Å²) in [6, 6.07) is 9.80. The molecule has 46 heavy (non-hydrogen) atoms. The van der Waals surface area contributed by atoms with Crippen molar-refractivity contribution in [3.8, 4) is 17.6 Å². The Hall–Kier alpha value is -3.51. The quantitative estimate of drug-likeness (QED) is 0.207. The predicted molar refractivity (Wildman–Crippen MR) is 176 cm³/mol. The number of thiophene rings is 1. The summed E-state index contributed by atoms with van der Waals surface area (Å²) in [5.41, 5.74) is 1.37. The summed E-state index contributed by atoms with van der Waals surface area (Å²) < 4.78 is 76.6. The van der Waals surface area contributed by atoms with Gasteiger partial charge in [0, 0.05) is 38.6 Å². The van der Waals surface area contributed by atoms with Gasteiger partial charge < -0.3 is 29.9 Å². The van der Waals surface area contributed by atoms with E-state index >= 15 is 0 Å². The average molecular weight is 681 g/mol. The Morgan fingerprint density at radius 3 is 2.52 bits per heavy atom. The Bertz CT molecular complexity index is 1690. The first-order valence-corrected chi connectivity index (χ1v) is 17.4. The summed E-state index contributed by atoms with van der Waals surface area (Å²) in [7, 11) is 1.76. The van der Waals surface area contributed by atoms with Crippen molar-refractivity contribution in [2.24, 2.45) is 0 Å². The van der Waals surface area contributed by atoms with Crippen LogP contribution in [0.1, 0.15) is 23.3 Å². The number of halogens is 3. The number of rotatable bonds is 12. The molecule has 0 unspecified atom stereocenters. The molecule has 1 amide bonds. The van der Waals surface area contributed by atoms with Gasteiger partial charge in [-0.1, -0.05) is 24.0 Å². The summed E-state index contributed by atoms with van der Waals surface area (Å²) in [4.78, 5) is 16.5. The lowest BCUT2D eigenvalue weighted by Gasteiger charge is -2.33. The Kier molecular flexibility index (Phi) is 11.8. The topological polar surface area (TPSA) is 100 Å². The summed E-state index contributed by atoms with van der Waals surface area (Å²) in [5.74, 6) is 6.25. The zero-order valence-corrected chi connectivity index (χ0v) is 27.9. The first-order valence-electron chi connectivity index (χ1n) is 14.7. The molecule has 0 bridgehead atoms. The van der Waals surface area contributed by atoms with Crippen LogP contribution >= 0.6 is 11.3 Å². The number of anilines is 2. The zero-order chi connectivity index (χ0) is 33.5. The summed E-state index contributed by atoms with van der Waals surface area (Å²) in [6.45, 7) is 2.15. The van der Waals surface area contributed by atoms with E-state index < -0.39 is 22.4 Å². The number of carbonyl (C=O) groups excluding carboxylic acids is 1. The first kappa shape index (κ1) is 35.3. The number of ether oxygens (including phenoxy) is 2. The number of alkyl halides is 3. The molecular formula is C32H39F3N4O5S2. The Labute approximate surface area is 272 Å². The van der Waals surface area contributed by atoms with Gasteiger partial charge in [-0.15, -0.1) is 11.3 Å². The van der Waals surface area contributed by atoms with Crippen LogP contribution in [0.2, 0.25) is 0 Å². The Balaban J connectivity index is 1.53. The SMILES string of the molecule is COCCOc1cc(S(C)(=O)=O)ccc1NCC#Cc1sc2c(NC3CCN(C(=O)CN(C)C)CC3)cccc2c1CC(F)(F)F. The van der Waals surface area contributed by atoms with Crippen molar-refractivity contribution >= 4 is 48.5 Å². The number of hydrogen-bond donors (Lipinski definition) is 2. The van der Waals surface area contributed by atoms with Crippen LogP contribution in [0.25, 0.3) is 10.1 Å². The number of nitrogens with one attached hydrogen (secondary N) is 2. The fraction of sp³-hybridized carbons (Fsp3) is 0.469. The van der Waals surface area contributed by atoms with Crippen molar-refractivity contribution < 1.29 is 35.9 Å². The van der Waals surface area contributed by atoms with Gasteiger partial charge in [0.15, 0.2) is 9.84 Å². The van der Waals surface area contributed by atoms with E-state index in [4.69, 9.17) is 9.47 Å². The van der Waals surface area contributed by atoms with Crippen LogP contribution in [-0.4, -0.2) is 103 Å². The minimum absolute atomic E-state index is 0.0782. The van der Waals surface area contributed by atoms with Gasteiger partial charge >= 0.3 is 6.18 Å². The molecule has 2 N–H and O–H groups in total. The third-order valence-electron chi connectivity index (χ3n) is 7.35. The molecule has 1 aliphatic rings. The number of amides is 1. The van der Waals surface area contributed by atoms with Crippen LogP contribution in [0.15, 0.2) is 41.3 Å². The van der Waals surface area contributed by atoms with E-state index in [1.54, 1.807) is 18.2 Å². The second-order valence-corrected chi connectivity index (χ2v) is 14.4. The zero-order valence-electron chi connectivity index (χ0n) is 26.3. The van der Waals surface area contributed by atoms with Crippen LogP contribution in [0, 0.1) is 11.8 Å². The summed E-state index contributed by atoms with van der Waals surface area (Å²) >= 11 is 1.22. The molecule has 250 valence electrons. The number of methoxy groups -OCH3 is 1. The van der Waals surface area contributed by atoms with Crippen molar-refractivity contribution in [1.29, 1.82) is 0 Å². The molecule has 14 heteroatoms. The predicted octanol–water partition coefficient (Wildman–Crippen LogP) is 4.86. The standard InChI is InChI=1S/C32H39F3N4O5S2/c1-38(2)21-30(40)39-15-12-22(13-16-39)37-27-8-5-7-24-25(20-32(33,34)35)29(45-31(24)27)9-6-14-36-26-11-10-23(46(4,41)42)19-28(26)44-18-17-43-3/h5,7-8,10-11,19,22,36-37H,12-18,20-21H2,1-4H3. The van der Waals surface area contributed by atoms with Gasteiger partial charge in [0.05, 0.1) is 52.0 Å². The molecule has 1 fully saturated rings. The molecule has 3 aromatic rings. The van der Waals surface area contributed by atoms with Gasteiger partial charge in [0.1, 0.15) is 12.4 Å². The number of likely N-dealkylation sites (N-methyl/N-ethyl adjacent to an activating group) is 1. The minimum Gasteiger partial charge on any atom is -0.489 e. The lowest BCUT2D eigenvalue weighted by molar-refractivity contribution is -0.132. The number of fused-ring (bicyclic) bond motifs is 1. The van der Waals surface area contributed by atoms with Gasteiger partial charge in [0.2, 0.25) is 5.91 Å². The third-order valence-corrected chi connectivity index (χ3v) is 9.66. The van der Waals surface area contributed by atoms with Crippen LogP contribution in [0.5, 0.6) is 5.75 Å². The number of nitrogens with zero attached hydrogens (tertiary/aromatic N) is 2. The Morgan fingerprint density at radius 2 is 1.87 bits per heavy atom. The number of likely N-dealkylation sites (tertiary alicyclic amines) is 1. The maximum atomic E-state index is 13.7. The number of sulfone groups is 1. The summed E-state index contributed by atoms with van der Waals surface area (Å²) in [5, 5.41) is 7.10. The van der Waals surface area contributed by atoms with E-state index in [0.29, 0.717) is 52.6 Å². The molecule has 2 aromatic carbocycles. The normalized spacial score (nSPS) is 14.3. The van der Waals surface area contributed by atoms with Gasteiger partial charge in [-0.05, 0) is 56.1 Å². The highest BCUT2D eigenvalue weighted by Gasteiger charge is 2.31. The van der Waals surface area contributed by atoms with Crippen molar-refractivity contribution in [1.82, 2.24) is 9.80 Å². The van der Waals surface area contributed by atoms with Crippen molar-refractivity contribution in [3.63, 3.8) is 0 Å². The molecule has 0 spiro atoms. The molecule has 0 saturated carbocycles. The molecule has 0 radical (unpaired) electrons. The average Bonchev–Trinajstić information content (AvgIpc) is 3.32. The molecule has 1 saturated heterocycles. The largest absolute Gasteiger partial charge is 0.489 e. The van der Waals surface area contributed by atoms with Crippen molar-refractivity contribution in [2.45, 2.75) is 36.4 Å². The Morgan fingerprint density at radius 1 is 1.13 bits per heavy atom. The second-order valence-electron chi connectivity index (χ2n) is 11.3. The lowest BCUT2D eigenvalue weighted by Crippen LogP contribution is -2.45. The van der Waals surface area contributed by atoms with Crippen LogP contribution in [0.3, 0.4) is 0 Å². The van der Waals surface area contributed by atoms with Gasteiger partial charge in [0.25, 0.3) is 0 Å². The number of piperidine rings is 1. The van der Waals surface area contributed by atoms with Gasteiger partial charge in [-0.3, -0.25) is 4.79 Å². The maximum absolute atomic E-state index is 13.7. The molecule has 2 heterocycles. The van der Waals surface area contributed by atoms with Gasteiger partial charge in [-0.2, -0.15) is 13.2 Å². The monoisotopic (exact) mass is 680 g/mol. The van der Waals surface area contributed by atoms with E-state index in [1.165, 1.54) is 30.6 Å². The molecule has 4 rings (SSSR count). The highest BCUT2D eigenvalue weighted by molar-refractivity contribution is 7.90. The van der Waals surface area contributed by atoms with Crippen LogP contribution in [-0.2, 0) is 25.8 Å². The highest BCUT2D eigenvalue weighted by Crippen LogP contribution is 2.39. The van der Waals surface area contributed by atoms with Crippen LogP contribution < -0.4 is 15.4 Å². The number of benzene rings is 2.